The summed E-state index contributed by atoms with van der Waals surface area (Å²) in [6, 6.07) is 6.90. The molecule has 1 saturated heterocycles. The number of nitrogens with one attached hydrogen (secondary N) is 1. The molecule has 88 valence electrons. The van der Waals surface area contributed by atoms with Crippen LogP contribution in [-0.4, -0.2) is 43.1 Å². The van der Waals surface area contributed by atoms with E-state index in [4.69, 9.17) is 0 Å². The number of piperazine rings is 1. The second-order valence-corrected chi connectivity index (χ2v) is 4.22. The van der Waals surface area contributed by atoms with E-state index in [1.807, 2.05) is 12.1 Å². The minimum absolute atomic E-state index is 0.135. The third-order valence-corrected chi connectivity index (χ3v) is 2.95. The largest absolute Gasteiger partial charge is 0.304 e. The highest BCUT2D eigenvalue weighted by Crippen LogP contribution is 2.06. The van der Waals surface area contributed by atoms with Gasteiger partial charge in [0.2, 0.25) is 0 Å². The lowest BCUT2D eigenvalue weighted by atomic mass is 10.2. The van der Waals surface area contributed by atoms with Crippen molar-refractivity contribution in [2.75, 3.05) is 33.2 Å². The first kappa shape index (κ1) is 11.5. The fraction of sp³-hybridized carbons (Fsp3) is 0.500. The van der Waals surface area contributed by atoms with Gasteiger partial charge in [0.25, 0.3) is 0 Å². The van der Waals surface area contributed by atoms with E-state index in [2.05, 4.69) is 22.4 Å². The molecule has 2 rings (SSSR count). The lowest BCUT2D eigenvalue weighted by molar-refractivity contribution is 0.102. The molecule has 3 nitrogen and oxygen atoms in total. The maximum absolute atomic E-state index is 13.3. The minimum atomic E-state index is -0.135. The highest BCUT2D eigenvalue weighted by Gasteiger charge is 2.13. The molecule has 1 aromatic carbocycles. The van der Waals surface area contributed by atoms with Crippen molar-refractivity contribution in [2.24, 2.45) is 0 Å². The SMILES string of the molecule is CN1CCN(NCc2ccccc2F)CC1. The molecule has 16 heavy (non-hydrogen) atoms. The summed E-state index contributed by atoms with van der Waals surface area (Å²) in [4.78, 5) is 2.29. The van der Waals surface area contributed by atoms with Crippen LogP contribution in [0.4, 0.5) is 4.39 Å². The first-order valence-electron chi connectivity index (χ1n) is 5.66. The van der Waals surface area contributed by atoms with E-state index in [0.29, 0.717) is 6.54 Å². The Morgan fingerprint density at radius 2 is 1.88 bits per heavy atom. The highest BCUT2D eigenvalue weighted by atomic mass is 19.1. The zero-order valence-corrected chi connectivity index (χ0v) is 9.62. The van der Waals surface area contributed by atoms with Gasteiger partial charge >= 0.3 is 0 Å². The van der Waals surface area contributed by atoms with Gasteiger partial charge in [0.1, 0.15) is 5.82 Å². The van der Waals surface area contributed by atoms with Crippen molar-refractivity contribution in [3.05, 3.63) is 35.6 Å². The molecule has 0 amide bonds. The van der Waals surface area contributed by atoms with Crippen molar-refractivity contribution in [2.45, 2.75) is 6.54 Å². The molecule has 0 aliphatic carbocycles. The molecule has 0 aromatic heterocycles. The molecule has 1 N–H and O–H groups in total. The molecule has 1 heterocycles. The van der Waals surface area contributed by atoms with Crippen molar-refractivity contribution >= 4 is 0 Å². The summed E-state index contributed by atoms with van der Waals surface area (Å²) >= 11 is 0. The molecule has 0 atom stereocenters. The summed E-state index contributed by atoms with van der Waals surface area (Å²) in [5, 5.41) is 2.16. The summed E-state index contributed by atoms with van der Waals surface area (Å²) in [6.07, 6.45) is 0. The molecular formula is C12H18FN3. The number of hydrogen-bond donors (Lipinski definition) is 1. The summed E-state index contributed by atoms with van der Waals surface area (Å²) in [6.45, 7) is 4.67. The number of hydrazine groups is 1. The highest BCUT2D eigenvalue weighted by molar-refractivity contribution is 5.16. The van der Waals surface area contributed by atoms with E-state index >= 15 is 0 Å². The fourth-order valence-electron chi connectivity index (χ4n) is 1.80. The van der Waals surface area contributed by atoms with Crippen molar-refractivity contribution in [1.82, 2.24) is 15.3 Å². The van der Waals surface area contributed by atoms with Gasteiger partial charge in [0.05, 0.1) is 0 Å². The number of halogens is 1. The van der Waals surface area contributed by atoms with Gasteiger partial charge < -0.3 is 4.90 Å². The lowest BCUT2D eigenvalue weighted by Gasteiger charge is -2.32. The van der Waals surface area contributed by atoms with Gasteiger partial charge in [-0.2, -0.15) is 0 Å². The summed E-state index contributed by atoms with van der Waals surface area (Å²) in [7, 11) is 2.12. The van der Waals surface area contributed by atoms with Crippen LogP contribution in [0.3, 0.4) is 0 Å². The van der Waals surface area contributed by atoms with Gasteiger partial charge in [-0.1, -0.05) is 18.2 Å². The Bertz CT molecular complexity index is 335. The maximum atomic E-state index is 13.3. The van der Waals surface area contributed by atoms with Gasteiger partial charge in [-0.15, -0.1) is 0 Å². The Morgan fingerprint density at radius 1 is 1.19 bits per heavy atom. The van der Waals surface area contributed by atoms with Crippen LogP contribution in [0.2, 0.25) is 0 Å². The Labute approximate surface area is 95.8 Å². The van der Waals surface area contributed by atoms with Crippen LogP contribution >= 0.6 is 0 Å². The average molecular weight is 223 g/mol. The first-order chi connectivity index (χ1) is 7.75. The molecule has 4 heteroatoms. The van der Waals surface area contributed by atoms with Crippen molar-refractivity contribution in [1.29, 1.82) is 0 Å². The summed E-state index contributed by atoms with van der Waals surface area (Å²) in [5.41, 5.74) is 3.99. The van der Waals surface area contributed by atoms with Crippen LogP contribution in [0.1, 0.15) is 5.56 Å². The normalized spacial score (nSPS) is 18.9. The standard InChI is InChI=1S/C12H18FN3/c1-15-6-8-16(9-7-15)14-10-11-4-2-3-5-12(11)13/h2-5,14H,6-10H2,1H3. The van der Waals surface area contributed by atoms with E-state index in [0.717, 1.165) is 31.7 Å². The second kappa shape index (κ2) is 5.39. The topological polar surface area (TPSA) is 18.5 Å². The molecule has 0 unspecified atom stereocenters. The molecule has 0 spiro atoms. The van der Waals surface area contributed by atoms with Crippen LogP contribution in [0.5, 0.6) is 0 Å². The fourth-order valence-corrected chi connectivity index (χ4v) is 1.80. The van der Waals surface area contributed by atoms with Crippen molar-refractivity contribution < 1.29 is 4.39 Å². The molecular weight excluding hydrogens is 205 g/mol. The monoisotopic (exact) mass is 223 g/mol. The second-order valence-electron chi connectivity index (χ2n) is 4.22. The number of benzene rings is 1. The first-order valence-corrected chi connectivity index (χ1v) is 5.66. The van der Waals surface area contributed by atoms with Crippen LogP contribution in [0.15, 0.2) is 24.3 Å². The van der Waals surface area contributed by atoms with Crippen LogP contribution in [0.25, 0.3) is 0 Å². The Morgan fingerprint density at radius 3 is 2.56 bits per heavy atom. The van der Waals surface area contributed by atoms with E-state index in [9.17, 15) is 4.39 Å². The van der Waals surface area contributed by atoms with E-state index in [1.165, 1.54) is 6.07 Å². The van der Waals surface area contributed by atoms with Crippen LogP contribution in [0, 0.1) is 5.82 Å². The van der Waals surface area contributed by atoms with Gasteiger partial charge in [0.15, 0.2) is 0 Å². The van der Waals surface area contributed by atoms with Crippen molar-refractivity contribution in [3.8, 4) is 0 Å². The number of nitrogens with zero attached hydrogens (tertiary/aromatic N) is 2. The Hall–Kier alpha value is -0.970. The van der Waals surface area contributed by atoms with Gasteiger partial charge in [0, 0.05) is 38.3 Å². The quantitative estimate of drug-likeness (QED) is 0.827. The molecule has 0 radical (unpaired) electrons. The van der Waals surface area contributed by atoms with E-state index in [1.54, 1.807) is 6.07 Å². The van der Waals surface area contributed by atoms with Crippen LogP contribution < -0.4 is 5.43 Å². The molecule has 1 fully saturated rings. The number of rotatable bonds is 3. The number of hydrogen-bond acceptors (Lipinski definition) is 3. The molecule has 0 saturated carbocycles. The molecule has 0 bridgehead atoms. The lowest BCUT2D eigenvalue weighted by Crippen LogP contribution is -2.50. The third-order valence-electron chi connectivity index (χ3n) is 2.95. The van der Waals surface area contributed by atoms with Gasteiger partial charge in [-0.25, -0.2) is 9.40 Å². The summed E-state index contributed by atoms with van der Waals surface area (Å²) < 4.78 is 13.3. The van der Waals surface area contributed by atoms with Gasteiger partial charge in [-0.05, 0) is 13.1 Å². The van der Waals surface area contributed by atoms with E-state index in [-0.39, 0.29) is 5.82 Å². The smallest absolute Gasteiger partial charge is 0.127 e. The molecule has 1 aliphatic rings. The third kappa shape index (κ3) is 3.01. The van der Waals surface area contributed by atoms with Crippen LogP contribution in [-0.2, 0) is 6.54 Å². The predicted molar refractivity (Wildman–Crippen MR) is 62.3 cm³/mol. The summed E-state index contributed by atoms with van der Waals surface area (Å²) in [5.74, 6) is -0.135. The minimum Gasteiger partial charge on any atom is -0.304 e. The molecule has 1 aliphatic heterocycles. The zero-order chi connectivity index (χ0) is 11.4. The average Bonchev–Trinajstić information content (AvgIpc) is 2.30. The van der Waals surface area contributed by atoms with Crippen molar-refractivity contribution in [3.63, 3.8) is 0 Å². The number of likely N-dealkylation sites (N-methyl/N-ethyl adjacent to an activating group) is 1. The predicted octanol–water partition coefficient (Wildman–Crippen LogP) is 1.08. The Kier molecular flexibility index (Phi) is 3.88. The Balaban J connectivity index is 1.81. The zero-order valence-electron chi connectivity index (χ0n) is 9.62. The van der Waals surface area contributed by atoms with E-state index < -0.39 is 0 Å². The molecule has 1 aromatic rings. The van der Waals surface area contributed by atoms with Gasteiger partial charge in [-0.3, -0.25) is 5.43 Å². The maximum Gasteiger partial charge on any atom is 0.127 e.